The molecule has 0 fully saturated rings. The smallest absolute Gasteiger partial charge is 0.248 e. The van der Waals surface area contributed by atoms with Gasteiger partial charge in [0.2, 0.25) is 5.56 Å². The quantitative estimate of drug-likeness (QED) is 0.784. The Morgan fingerprint density at radius 1 is 1.25 bits per heavy atom. The molecule has 0 saturated heterocycles. The van der Waals surface area contributed by atoms with Gasteiger partial charge in [0, 0.05) is 29.1 Å². The molecule has 0 aliphatic carbocycles. The molecular formula is C16H22N2O2. The fourth-order valence-corrected chi connectivity index (χ4v) is 2.55. The number of aromatic amines is 1. The Morgan fingerprint density at radius 2 is 2.00 bits per heavy atom. The number of hydrogen-bond acceptors (Lipinski definition) is 3. The molecule has 4 nitrogen and oxygen atoms in total. The minimum absolute atomic E-state index is 0.00692. The highest BCUT2D eigenvalue weighted by Crippen LogP contribution is 2.26. The fraction of sp³-hybridized carbons (Fsp3) is 0.438. The fourth-order valence-electron chi connectivity index (χ4n) is 2.55. The van der Waals surface area contributed by atoms with Gasteiger partial charge in [-0.25, -0.2) is 0 Å². The Balaban J connectivity index is 2.43. The summed E-state index contributed by atoms with van der Waals surface area (Å²) in [6.07, 6.45) is 0.232. The summed E-state index contributed by atoms with van der Waals surface area (Å²) in [5.74, 6) is 0. The van der Waals surface area contributed by atoms with E-state index in [4.69, 9.17) is 0 Å². The Morgan fingerprint density at radius 3 is 2.65 bits per heavy atom. The maximum Gasteiger partial charge on any atom is 0.248 e. The van der Waals surface area contributed by atoms with Crippen LogP contribution in [0.1, 0.15) is 38.9 Å². The molecule has 1 aromatic carbocycles. The Labute approximate surface area is 118 Å². The molecule has 2 atom stereocenters. The van der Waals surface area contributed by atoms with Gasteiger partial charge in [0.05, 0.1) is 6.10 Å². The molecule has 0 bridgehead atoms. The van der Waals surface area contributed by atoms with Crippen molar-refractivity contribution >= 4 is 10.9 Å². The van der Waals surface area contributed by atoms with Crippen LogP contribution >= 0.6 is 0 Å². The van der Waals surface area contributed by atoms with Gasteiger partial charge >= 0.3 is 0 Å². The molecule has 0 radical (unpaired) electrons. The molecule has 0 aliphatic rings. The topological polar surface area (TPSA) is 65.1 Å². The summed E-state index contributed by atoms with van der Waals surface area (Å²) in [4.78, 5) is 14.2. The minimum atomic E-state index is -0.600. The van der Waals surface area contributed by atoms with Crippen LogP contribution < -0.4 is 10.9 Å². The van der Waals surface area contributed by atoms with E-state index in [9.17, 15) is 9.90 Å². The average Bonchev–Trinajstić information content (AvgIpc) is 2.42. The predicted molar refractivity (Wildman–Crippen MR) is 81.9 cm³/mol. The van der Waals surface area contributed by atoms with Crippen molar-refractivity contribution in [1.82, 2.24) is 10.3 Å². The molecule has 0 amide bonds. The number of hydrogen-bond donors (Lipinski definition) is 3. The van der Waals surface area contributed by atoms with Crippen LogP contribution in [0.25, 0.3) is 10.9 Å². The van der Waals surface area contributed by atoms with Gasteiger partial charge in [0.15, 0.2) is 0 Å². The molecule has 4 heteroatoms. The van der Waals surface area contributed by atoms with Gasteiger partial charge in [0.25, 0.3) is 0 Å². The van der Waals surface area contributed by atoms with Crippen molar-refractivity contribution in [3.8, 4) is 0 Å². The Hall–Kier alpha value is -1.65. The average molecular weight is 274 g/mol. The van der Waals surface area contributed by atoms with Crippen LogP contribution in [0.4, 0.5) is 0 Å². The second-order valence-electron chi connectivity index (χ2n) is 5.41. The number of aliphatic hydroxyl groups excluding tert-OH is 1. The first-order chi connectivity index (χ1) is 9.52. The molecule has 2 rings (SSSR count). The van der Waals surface area contributed by atoms with Crippen LogP contribution in [0.3, 0.4) is 0 Å². The Bertz CT molecular complexity index is 634. The minimum Gasteiger partial charge on any atom is -0.387 e. The summed E-state index contributed by atoms with van der Waals surface area (Å²) in [6.45, 7) is 6.18. The summed E-state index contributed by atoms with van der Waals surface area (Å²) in [5.41, 5.74) is 1.48. The van der Waals surface area contributed by atoms with Crippen molar-refractivity contribution in [2.75, 3.05) is 0 Å². The number of H-pyrrole nitrogens is 1. The van der Waals surface area contributed by atoms with E-state index in [1.165, 1.54) is 6.07 Å². The number of aromatic nitrogens is 1. The molecule has 0 aliphatic heterocycles. The van der Waals surface area contributed by atoms with Crippen LogP contribution in [-0.4, -0.2) is 22.2 Å². The van der Waals surface area contributed by atoms with Crippen LogP contribution in [0.5, 0.6) is 0 Å². The summed E-state index contributed by atoms with van der Waals surface area (Å²) < 4.78 is 0. The first-order valence-electron chi connectivity index (χ1n) is 7.09. The van der Waals surface area contributed by atoms with Crippen molar-refractivity contribution in [3.63, 3.8) is 0 Å². The molecule has 0 saturated carbocycles. The summed E-state index contributed by atoms with van der Waals surface area (Å²) in [5, 5.41) is 14.9. The van der Waals surface area contributed by atoms with Gasteiger partial charge in [-0.15, -0.1) is 0 Å². The van der Waals surface area contributed by atoms with Gasteiger partial charge in [0.1, 0.15) is 0 Å². The predicted octanol–water partition coefficient (Wildman–Crippen LogP) is 2.34. The highest BCUT2D eigenvalue weighted by Gasteiger charge is 2.21. The lowest BCUT2D eigenvalue weighted by Crippen LogP contribution is -2.38. The number of benzene rings is 1. The lowest BCUT2D eigenvalue weighted by atomic mass is 9.96. The van der Waals surface area contributed by atoms with Gasteiger partial charge in [-0.3, -0.25) is 4.79 Å². The monoisotopic (exact) mass is 274 g/mol. The molecule has 108 valence electrons. The van der Waals surface area contributed by atoms with Gasteiger partial charge in [-0.1, -0.05) is 32.9 Å². The van der Waals surface area contributed by atoms with Crippen molar-refractivity contribution in [1.29, 1.82) is 0 Å². The number of nitrogens with one attached hydrogen (secondary N) is 2. The molecule has 0 spiro atoms. The number of pyridine rings is 1. The molecule has 20 heavy (non-hydrogen) atoms. The highest BCUT2D eigenvalue weighted by atomic mass is 16.3. The normalized spacial score (nSPS) is 14.7. The van der Waals surface area contributed by atoms with E-state index in [-0.39, 0.29) is 11.6 Å². The lowest BCUT2D eigenvalue weighted by Gasteiger charge is -2.26. The second-order valence-corrected chi connectivity index (χ2v) is 5.41. The van der Waals surface area contributed by atoms with Crippen LogP contribution in [0, 0.1) is 0 Å². The third-order valence-electron chi connectivity index (χ3n) is 3.49. The largest absolute Gasteiger partial charge is 0.387 e. The van der Waals surface area contributed by atoms with Gasteiger partial charge in [-0.2, -0.15) is 0 Å². The van der Waals surface area contributed by atoms with E-state index in [0.29, 0.717) is 6.04 Å². The molecule has 1 heterocycles. The first kappa shape index (κ1) is 14.8. The lowest BCUT2D eigenvalue weighted by molar-refractivity contribution is 0.123. The summed E-state index contributed by atoms with van der Waals surface area (Å²) in [7, 11) is 0. The second kappa shape index (κ2) is 6.20. The third kappa shape index (κ3) is 3.08. The zero-order chi connectivity index (χ0) is 14.7. The molecular weight excluding hydrogens is 252 g/mol. The summed E-state index contributed by atoms with van der Waals surface area (Å²) >= 11 is 0. The van der Waals surface area contributed by atoms with E-state index in [0.717, 1.165) is 22.9 Å². The molecule has 2 aromatic rings. The maximum absolute atomic E-state index is 11.4. The van der Waals surface area contributed by atoms with E-state index in [1.807, 2.05) is 18.2 Å². The van der Waals surface area contributed by atoms with E-state index in [1.54, 1.807) is 6.07 Å². The number of aliphatic hydroxyl groups is 1. The molecule has 1 aromatic heterocycles. The van der Waals surface area contributed by atoms with E-state index >= 15 is 0 Å². The van der Waals surface area contributed by atoms with Gasteiger partial charge in [-0.05, 0) is 24.1 Å². The SMILES string of the molecule is CCC(NC(C)C)[C@H](O)c1cccc2[nH]c(=O)ccc12. The van der Waals surface area contributed by atoms with Crippen molar-refractivity contribution in [2.24, 2.45) is 0 Å². The molecule has 3 N–H and O–H groups in total. The third-order valence-corrected chi connectivity index (χ3v) is 3.49. The number of fused-ring (bicyclic) bond motifs is 1. The standard InChI is InChI=1S/C16H22N2O2/c1-4-13(17-10(2)3)16(20)12-6-5-7-14-11(12)8-9-15(19)18-14/h5-10,13,16-17,20H,4H2,1-3H3,(H,18,19)/t13?,16-/m1/s1. The maximum atomic E-state index is 11.4. The van der Waals surface area contributed by atoms with E-state index < -0.39 is 6.10 Å². The number of rotatable bonds is 5. The van der Waals surface area contributed by atoms with Gasteiger partial charge < -0.3 is 15.4 Å². The summed E-state index contributed by atoms with van der Waals surface area (Å²) in [6, 6.07) is 9.19. The van der Waals surface area contributed by atoms with Crippen molar-refractivity contribution in [2.45, 2.75) is 45.4 Å². The molecule has 1 unspecified atom stereocenters. The Kier molecular flexibility index (Phi) is 4.57. The van der Waals surface area contributed by atoms with Crippen LogP contribution in [0.15, 0.2) is 35.1 Å². The van der Waals surface area contributed by atoms with Crippen molar-refractivity contribution in [3.05, 3.63) is 46.2 Å². The van der Waals surface area contributed by atoms with Crippen LogP contribution in [0.2, 0.25) is 0 Å². The van der Waals surface area contributed by atoms with Crippen LogP contribution in [-0.2, 0) is 0 Å². The zero-order valence-corrected chi connectivity index (χ0v) is 12.2. The van der Waals surface area contributed by atoms with Crippen molar-refractivity contribution < 1.29 is 5.11 Å². The first-order valence-corrected chi connectivity index (χ1v) is 7.09. The van der Waals surface area contributed by atoms with E-state index in [2.05, 4.69) is 31.1 Å². The zero-order valence-electron chi connectivity index (χ0n) is 12.2. The highest BCUT2D eigenvalue weighted by molar-refractivity contribution is 5.82.